The number of urea groups is 1. The fourth-order valence-electron chi connectivity index (χ4n) is 3.43. The first-order chi connectivity index (χ1) is 10.8. The van der Waals surface area contributed by atoms with E-state index in [-0.39, 0.29) is 12.1 Å². The fourth-order valence-corrected chi connectivity index (χ4v) is 3.43. The maximum Gasteiger partial charge on any atom is 0.317 e. The van der Waals surface area contributed by atoms with Gasteiger partial charge in [0.25, 0.3) is 0 Å². The van der Waals surface area contributed by atoms with Crippen LogP contribution in [0.3, 0.4) is 0 Å². The van der Waals surface area contributed by atoms with Crippen molar-refractivity contribution < 1.29 is 9.53 Å². The Hall–Kier alpha value is -1.59. The first-order valence-corrected chi connectivity index (χ1v) is 8.24. The van der Waals surface area contributed by atoms with Crippen LogP contribution in [-0.4, -0.2) is 60.3 Å². The summed E-state index contributed by atoms with van der Waals surface area (Å²) in [4.78, 5) is 16.6. The molecule has 2 amide bonds. The Morgan fingerprint density at radius 3 is 2.82 bits per heavy atom. The van der Waals surface area contributed by atoms with E-state index in [1.807, 2.05) is 11.0 Å². The second kappa shape index (κ2) is 5.89. The van der Waals surface area contributed by atoms with E-state index < -0.39 is 0 Å². The number of benzene rings is 1. The van der Waals surface area contributed by atoms with Gasteiger partial charge in [0.15, 0.2) is 0 Å². The maximum absolute atomic E-state index is 12.2. The summed E-state index contributed by atoms with van der Waals surface area (Å²) < 4.78 is 5.91. The quantitative estimate of drug-likeness (QED) is 0.919. The number of nitrogens with one attached hydrogen (secondary N) is 1. The molecule has 0 aromatic heterocycles. The van der Waals surface area contributed by atoms with Crippen LogP contribution >= 0.6 is 0 Å². The lowest BCUT2D eigenvalue weighted by molar-refractivity contribution is -0.0503. The lowest BCUT2D eigenvalue weighted by Crippen LogP contribution is -2.50. The average molecular weight is 301 g/mol. The summed E-state index contributed by atoms with van der Waals surface area (Å²) >= 11 is 0. The van der Waals surface area contributed by atoms with Crippen LogP contribution < -0.4 is 5.32 Å². The van der Waals surface area contributed by atoms with Gasteiger partial charge in [0, 0.05) is 25.7 Å². The molecule has 0 radical (unpaired) electrons. The molecule has 1 aromatic rings. The van der Waals surface area contributed by atoms with Gasteiger partial charge in [-0.3, -0.25) is 4.90 Å². The smallest absolute Gasteiger partial charge is 0.317 e. The highest BCUT2D eigenvalue weighted by Gasteiger charge is 2.42. The molecule has 3 aliphatic rings. The van der Waals surface area contributed by atoms with Gasteiger partial charge in [0.05, 0.1) is 25.3 Å². The number of likely N-dealkylation sites (tertiary alicyclic amines) is 1. The van der Waals surface area contributed by atoms with E-state index in [1.54, 1.807) is 0 Å². The van der Waals surface area contributed by atoms with Gasteiger partial charge in [-0.05, 0) is 18.4 Å². The zero-order valence-corrected chi connectivity index (χ0v) is 12.8. The number of nitrogens with zero attached hydrogens (tertiary/aromatic N) is 2. The lowest BCUT2D eigenvalue weighted by Gasteiger charge is -2.36. The molecular formula is C17H23N3O2. The maximum atomic E-state index is 12.2. The molecule has 1 aliphatic carbocycles. The molecule has 2 atom stereocenters. The number of fused-ring (bicyclic) bond motifs is 1. The van der Waals surface area contributed by atoms with Gasteiger partial charge in [-0.25, -0.2) is 4.79 Å². The van der Waals surface area contributed by atoms with E-state index in [2.05, 4.69) is 34.5 Å². The molecule has 3 fully saturated rings. The summed E-state index contributed by atoms with van der Waals surface area (Å²) in [5, 5.41) is 3.08. The highest BCUT2D eigenvalue weighted by molar-refractivity contribution is 5.75. The Kier molecular flexibility index (Phi) is 3.76. The van der Waals surface area contributed by atoms with E-state index in [0.717, 1.165) is 39.1 Å². The van der Waals surface area contributed by atoms with Gasteiger partial charge in [0.1, 0.15) is 0 Å². The Labute approximate surface area is 131 Å². The van der Waals surface area contributed by atoms with Crippen molar-refractivity contribution in [2.24, 2.45) is 0 Å². The van der Waals surface area contributed by atoms with Crippen LogP contribution in [0.15, 0.2) is 30.3 Å². The van der Waals surface area contributed by atoms with E-state index in [9.17, 15) is 4.79 Å². The van der Waals surface area contributed by atoms with Crippen LogP contribution in [0, 0.1) is 0 Å². The van der Waals surface area contributed by atoms with Crippen LogP contribution in [0.25, 0.3) is 0 Å². The summed E-state index contributed by atoms with van der Waals surface area (Å²) in [6.07, 6.45) is 2.41. The summed E-state index contributed by atoms with van der Waals surface area (Å²) in [6, 6.07) is 11.4. The molecule has 5 nitrogen and oxygen atoms in total. The number of amides is 2. The topological polar surface area (TPSA) is 44.8 Å². The summed E-state index contributed by atoms with van der Waals surface area (Å²) in [6.45, 7) is 4.12. The fraction of sp³-hybridized carbons (Fsp3) is 0.588. The molecule has 2 aliphatic heterocycles. The minimum Gasteiger partial charge on any atom is -0.373 e. The monoisotopic (exact) mass is 301 g/mol. The first-order valence-electron chi connectivity index (χ1n) is 8.24. The predicted octanol–water partition coefficient (Wildman–Crippen LogP) is 1.44. The second-order valence-electron chi connectivity index (χ2n) is 6.56. The van der Waals surface area contributed by atoms with Gasteiger partial charge in [-0.15, -0.1) is 0 Å². The minimum atomic E-state index is 0.0835. The Bertz CT molecular complexity index is 532. The number of carbonyl (C=O) groups excluding carboxylic acids is 1. The third-order valence-corrected chi connectivity index (χ3v) is 4.84. The van der Waals surface area contributed by atoms with E-state index in [4.69, 9.17) is 4.74 Å². The van der Waals surface area contributed by atoms with E-state index in [1.165, 1.54) is 5.56 Å². The molecule has 22 heavy (non-hydrogen) atoms. The molecule has 0 bridgehead atoms. The molecule has 2 saturated heterocycles. The van der Waals surface area contributed by atoms with Crippen LogP contribution in [0.4, 0.5) is 4.79 Å². The SMILES string of the molecule is O=C(NC1CC1)N1CC2OCCN(Cc3ccccc3)C2C1. The standard InChI is InChI=1S/C17H23N3O2/c21-17(18-14-6-7-14)20-11-15-16(12-20)22-9-8-19(15)10-13-4-2-1-3-5-13/h1-5,14-16H,6-12H2,(H,18,21). The number of hydrogen-bond donors (Lipinski definition) is 1. The third kappa shape index (κ3) is 2.96. The van der Waals surface area contributed by atoms with Gasteiger partial charge in [0.2, 0.25) is 0 Å². The van der Waals surface area contributed by atoms with Crippen molar-refractivity contribution in [1.29, 1.82) is 0 Å². The molecule has 1 N–H and O–H groups in total. The van der Waals surface area contributed by atoms with Gasteiger partial charge in [-0.2, -0.15) is 0 Å². The largest absolute Gasteiger partial charge is 0.373 e. The van der Waals surface area contributed by atoms with Gasteiger partial charge < -0.3 is 15.0 Å². The molecule has 0 spiro atoms. The zero-order chi connectivity index (χ0) is 14.9. The van der Waals surface area contributed by atoms with E-state index in [0.29, 0.717) is 18.6 Å². The molecule has 4 rings (SSSR count). The highest BCUT2D eigenvalue weighted by Crippen LogP contribution is 2.25. The van der Waals surface area contributed by atoms with Crippen molar-refractivity contribution in [1.82, 2.24) is 15.1 Å². The van der Waals surface area contributed by atoms with Crippen molar-refractivity contribution >= 4 is 6.03 Å². The molecular weight excluding hydrogens is 278 g/mol. The van der Waals surface area contributed by atoms with Gasteiger partial charge in [-0.1, -0.05) is 30.3 Å². The summed E-state index contributed by atoms with van der Waals surface area (Å²) in [7, 11) is 0. The number of hydrogen-bond acceptors (Lipinski definition) is 3. The zero-order valence-electron chi connectivity index (χ0n) is 12.8. The Morgan fingerprint density at radius 2 is 2.05 bits per heavy atom. The Morgan fingerprint density at radius 1 is 1.23 bits per heavy atom. The molecule has 1 saturated carbocycles. The lowest BCUT2D eigenvalue weighted by atomic mass is 10.1. The van der Waals surface area contributed by atoms with Crippen LogP contribution in [0.1, 0.15) is 18.4 Å². The van der Waals surface area contributed by atoms with E-state index >= 15 is 0 Å². The highest BCUT2D eigenvalue weighted by atomic mass is 16.5. The normalized spacial score (nSPS) is 28.5. The molecule has 5 heteroatoms. The predicted molar refractivity (Wildman–Crippen MR) is 83.5 cm³/mol. The number of carbonyl (C=O) groups is 1. The number of ether oxygens (including phenoxy) is 1. The van der Waals surface area contributed by atoms with Crippen molar-refractivity contribution in [2.75, 3.05) is 26.2 Å². The average Bonchev–Trinajstić information content (AvgIpc) is 3.23. The van der Waals surface area contributed by atoms with Crippen molar-refractivity contribution in [3.63, 3.8) is 0 Å². The number of rotatable bonds is 3. The van der Waals surface area contributed by atoms with Gasteiger partial charge >= 0.3 is 6.03 Å². The van der Waals surface area contributed by atoms with Crippen molar-refractivity contribution in [3.05, 3.63) is 35.9 Å². The van der Waals surface area contributed by atoms with Crippen LogP contribution in [-0.2, 0) is 11.3 Å². The van der Waals surface area contributed by atoms with Crippen LogP contribution in [0.2, 0.25) is 0 Å². The van der Waals surface area contributed by atoms with Crippen molar-refractivity contribution in [3.8, 4) is 0 Å². The molecule has 118 valence electrons. The minimum absolute atomic E-state index is 0.0835. The van der Waals surface area contributed by atoms with Crippen molar-refractivity contribution in [2.45, 2.75) is 37.6 Å². The number of morpholine rings is 1. The third-order valence-electron chi connectivity index (χ3n) is 4.84. The Balaban J connectivity index is 1.41. The molecule has 2 heterocycles. The second-order valence-corrected chi connectivity index (χ2v) is 6.56. The van der Waals surface area contributed by atoms with Crippen LogP contribution in [0.5, 0.6) is 0 Å². The molecule has 2 unspecified atom stereocenters. The summed E-state index contributed by atoms with van der Waals surface area (Å²) in [5.74, 6) is 0. The molecule has 1 aromatic carbocycles. The first kappa shape index (κ1) is 14.0. The summed E-state index contributed by atoms with van der Waals surface area (Å²) in [5.41, 5.74) is 1.32.